The summed E-state index contributed by atoms with van der Waals surface area (Å²) in [5.41, 5.74) is 7.71. The molecular weight excluding hydrogens is 782 g/mol. The molecule has 1 unspecified atom stereocenters. The third-order valence-corrected chi connectivity index (χ3v) is 13.9. The molecule has 3 aliphatic carbocycles. The maximum atomic E-state index is 13.9. The Morgan fingerprint density at radius 2 is 1.88 bits per heavy atom. The maximum absolute atomic E-state index is 13.9. The Kier molecular flexibility index (Phi) is 11.7. The van der Waals surface area contributed by atoms with Gasteiger partial charge in [0, 0.05) is 98.2 Å². The number of piperazine rings is 1. The number of hydrogen-bond acceptors (Lipinski definition) is 9. The van der Waals surface area contributed by atoms with E-state index in [0.29, 0.717) is 46.3 Å². The van der Waals surface area contributed by atoms with Crippen molar-refractivity contribution in [1.29, 1.82) is 5.41 Å². The van der Waals surface area contributed by atoms with Gasteiger partial charge in [0.15, 0.2) is 4.91 Å². The van der Waals surface area contributed by atoms with Crippen LogP contribution in [0.25, 0.3) is 16.6 Å². The van der Waals surface area contributed by atoms with E-state index >= 15 is 0 Å². The first-order chi connectivity index (χ1) is 28.8. The van der Waals surface area contributed by atoms with E-state index in [0.717, 1.165) is 80.2 Å². The van der Waals surface area contributed by atoms with Gasteiger partial charge in [0.05, 0.1) is 17.5 Å². The zero-order valence-corrected chi connectivity index (χ0v) is 34.7. The summed E-state index contributed by atoms with van der Waals surface area (Å²) in [6, 6.07) is 18.1. The Morgan fingerprint density at radius 1 is 1.07 bits per heavy atom. The van der Waals surface area contributed by atoms with Crippen molar-refractivity contribution in [2.24, 2.45) is 5.41 Å². The average Bonchev–Trinajstić information content (AvgIpc) is 3.72. The largest absolute Gasteiger partial charge is 0.588 e. The molecule has 3 fully saturated rings. The summed E-state index contributed by atoms with van der Waals surface area (Å²) >= 11 is 4.40. The van der Waals surface area contributed by atoms with Gasteiger partial charge in [0.25, 0.3) is 5.91 Å². The lowest BCUT2D eigenvalue weighted by molar-refractivity contribution is 0.0812. The smallest absolute Gasteiger partial charge is 0.296 e. The van der Waals surface area contributed by atoms with Crippen molar-refractivity contribution < 1.29 is 18.8 Å². The topological polar surface area (TPSA) is 142 Å². The predicted octanol–water partition coefficient (Wildman–Crippen LogP) is 8.46. The highest BCUT2D eigenvalue weighted by atomic mass is 35.5. The lowest BCUT2D eigenvalue weighted by Gasteiger charge is -2.47. The van der Waals surface area contributed by atoms with Crippen LogP contribution in [-0.4, -0.2) is 83.0 Å². The van der Waals surface area contributed by atoms with E-state index in [1.807, 2.05) is 42.6 Å². The zero-order chi connectivity index (χ0) is 40.3. The number of H-pyrrole nitrogens is 1. The van der Waals surface area contributed by atoms with E-state index < -0.39 is 17.3 Å². The molecular formula is C46H50ClN7O4S. The third-order valence-electron chi connectivity index (χ3n) is 12.6. The standard InChI is InChI=1S/C46H50ClN7O4S/c47-35-4-2-31(3-5-35)41-27-46(14-1-15-46)16-10-33(41)30-53-18-20-54(21-19-53)37-6-8-40(43(26-37)58-38-24-32-11-17-49-44(32)51-29-38)45(55)52-59(56)39-7-9-42(48)34(25-39)28-50-36-12-22-57-23-13-36/h2-9,11,17,24-26,28-29,36,48,50H,1,10,12-16,18-23,27,30H2,(H,49,51)(H,52,55)/b34-28-,48-42?. The molecule has 4 N–H and O–H groups in total. The molecule has 13 heteroatoms. The molecule has 59 heavy (non-hydrogen) atoms. The normalized spacial score (nSPS) is 21.1. The average molecular weight is 832 g/mol. The minimum Gasteiger partial charge on any atom is -0.588 e. The van der Waals surface area contributed by atoms with Crippen molar-refractivity contribution in [2.45, 2.75) is 57.4 Å². The molecule has 11 nitrogen and oxygen atoms in total. The van der Waals surface area contributed by atoms with Crippen LogP contribution < -0.4 is 19.7 Å². The number of fused-ring (bicyclic) bond motifs is 1. The van der Waals surface area contributed by atoms with Gasteiger partial charge in [0.1, 0.15) is 28.5 Å². The number of nitrogens with zero attached hydrogens (tertiary/aromatic N) is 3. The summed E-state index contributed by atoms with van der Waals surface area (Å²) in [5, 5.41) is 13.4. The van der Waals surface area contributed by atoms with Crippen LogP contribution in [0.15, 0.2) is 107 Å². The zero-order valence-electron chi connectivity index (χ0n) is 33.1. The monoisotopic (exact) mass is 831 g/mol. The Labute approximate surface area is 353 Å². The van der Waals surface area contributed by atoms with Gasteiger partial charge in [0.2, 0.25) is 0 Å². The second-order valence-electron chi connectivity index (χ2n) is 16.4. The minimum atomic E-state index is -1.89. The van der Waals surface area contributed by atoms with Crippen molar-refractivity contribution >= 4 is 56.9 Å². The SMILES string of the molecule is N=C1C=CC([S+]([O-])NC(=O)c2ccc(N3CCN(CC4=C(c5ccc(Cl)cc5)CC5(CCC5)CC4)CC3)cc2Oc2cnc3[nH]ccc3c2)=C/C1=C/NC1CCOCC1. The molecule has 2 saturated heterocycles. The quantitative estimate of drug-likeness (QED) is 0.110. The molecule has 1 saturated carbocycles. The molecule has 9 rings (SSSR count). The number of carbonyl (C=O) groups is 1. The summed E-state index contributed by atoms with van der Waals surface area (Å²) in [7, 11) is 0. The molecule has 2 aromatic heterocycles. The highest BCUT2D eigenvalue weighted by molar-refractivity contribution is 7.94. The van der Waals surface area contributed by atoms with E-state index in [-0.39, 0.29) is 11.6 Å². The van der Waals surface area contributed by atoms with Crippen LogP contribution >= 0.6 is 11.6 Å². The van der Waals surface area contributed by atoms with Gasteiger partial charge in [-0.1, -0.05) is 35.7 Å². The van der Waals surface area contributed by atoms with Crippen molar-refractivity contribution in [3.8, 4) is 11.5 Å². The number of rotatable bonds is 11. The van der Waals surface area contributed by atoms with E-state index in [1.165, 1.54) is 36.8 Å². The van der Waals surface area contributed by atoms with Crippen LogP contribution in [0, 0.1) is 10.8 Å². The molecule has 1 amide bonds. The summed E-state index contributed by atoms with van der Waals surface area (Å²) < 4.78 is 28.2. The Balaban J connectivity index is 0.908. The Hall–Kier alpha value is -4.85. The van der Waals surface area contributed by atoms with Crippen LogP contribution in [-0.2, 0) is 16.1 Å². The molecule has 4 aromatic rings. The van der Waals surface area contributed by atoms with Gasteiger partial charge in [-0.15, -0.1) is 0 Å². The van der Waals surface area contributed by atoms with Crippen molar-refractivity contribution in [1.82, 2.24) is 24.9 Å². The van der Waals surface area contributed by atoms with E-state index in [1.54, 1.807) is 42.3 Å². The fourth-order valence-electron chi connectivity index (χ4n) is 8.95. The molecule has 1 spiro atoms. The van der Waals surface area contributed by atoms with Crippen LogP contribution in [0.2, 0.25) is 5.02 Å². The Bertz CT molecular complexity index is 2340. The number of aromatic nitrogens is 2. The van der Waals surface area contributed by atoms with Gasteiger partial charge in [-0.2, -0.15) is 4.72 Å². The number of halogens is 1. The number of ether oxygens (including phenoxy) is 2. The van der Waals surface area contributed by atoms with Gasteiger partial charge in [-0.05, 0) is 110 Å². The number of anilines is 1. The predicted molar refractivity (Wildman–Crippen MR) is 235 cm³/mol. The van der Waals surface area contributed by atoms with Crippen LogP contribution in [0.4, 0.5) is 5.69 Å². The first kappa shape index (κ1) is 39.6. The number of pyridine rings is 1. The second-order valence-corrected chi connectivity index (χ2v) is 18.0. The van der Waals surface area contributed by atoms with Crippen LogP contribution in [0.1, 0.15) is 67.3 Å². The van der Waals surface area contributed by atoms with Gasteiger partial charge in [-0.3, -0.25) is 9.69 Å². The molecule has 4 heterocycles. The molecule has 306 valence electrons. The lowest BCUT2D eigenvalue weighted by Crippen LogP contribution is -2.47. The lowest BCUT2D eigenvalue weighted by atomic mass is 9.59. The van der Waals surface area contributed by atoms with E-state index in [4.69, 9.17) is 26.5 Å². The minimum absolute atomic E-state index is 0.253. The number of hydrogen-bond donors (Lipinski definition) is 4. The first-order valence-corrected chi connectivity index (χ1v) is 22.2. The molecule has 5 aliphatic rings. The highest BCUT2D eigenvalue weighted by Gasteiger charge is 2.41. The summed E-state index contributed by atoms with van der Waals surface area (Å²) in [4.78, 5) is 26.8. The Morgan fingerprint density at radius 3 is 2.66 bits per heavy atom. The second kappa shape index (κ2) is 17.4. The van der Waals surface area contributed by atoms with Crippen molar-refractivity contribution in [3.63, 3.8) is 0 Å². The van der Waals surface area contributed by atoms with Crippen molar-refractivity contribution in [2.75, 3.05) is 50.8 Å². The number of aromatic amines is 1. The molecule has 0 radical (unpaired) electrons. The molecule has 1 atom stereocenters. The molecule has 2 aromatic carbocycles. The summed E-state index contributed by atoms with van der Waals surface area (Å²) in [5.74, 6) is 0.294. The van der Waals surface area contributed by atoms with E-state index in [2.05, 4.69) is 41.9 Å². The number of nitrogens with one attached hydrogen (secondary N) is 4. The summed E-state index contributed by atoms with van der Waals surface area (Å²) in [6.07, 6.45) is 19.5. The third kappa shape index (κ3) is 9.02. The molecule has 2 aliphatic heterocycles. The highest BCUT2D eigenvalue weighted by Crippen LogP contribution is 2.55. The van der Waals surface area contributed by atoms with Crippen LogP contribution in [0.3, 0.4) is 0 Å². The van der Waals surface area contributed by atoms with Crippen molar-refractivity contribution in [3.05, 3.63) is 124 Å². The van der Waals surface area contributed by atoms with Gasteiger partial charge in [-0.25, -0.2) is 4.98 Å². The summed E-state index contributed by atoms with van der Waals surface area (Å²) in [6.45, 7) is 5.84. The first-order valence-electron chi connectivity index (χ1n) is 20.7. The number of benzene rings is 2. The number of carbonyl (C=O) groups excluding carboxylic acids is 1. The molecule has 0 bridgehead atoms. The number of allylic oxidation sites excluding steroid dienone is 5. The fraction of sp³-hybridized carbons (Fsp3) is 0.370. The van der Waals surface area contributed by atoms with Crippen LogP contribution in [0.5, 0.6) is 11.5 Å². The fourth-order valence-corrected chi connectivity index (χ4v) is 9.90. The maximum Gasteiger partial charge on any atom is 0.296 e. The van der Waals surface area contributed by atoms with Gasteiger partial charge >= 0.3 is 0 Å². The van der Waals surface area contributed by atoms with Gasteiger partial charge < -0.3 is 34.6 Å². The number of amides is 1. The van der Waals surface area contributed by atoms with E-state index in [9.17, 15) is 9.35 Å².